The van der Waals surface area contributed by atoms with Gasteiger partial charge in [-0.3, -0.25) is 0 Å². The van der Waals surface area contributed by atoms with Crippen molar-refractivity contribution in [2.24, 2.45) is 0 Å². The Bertz CT molecular complexity index is 5380. The first-order valence-corrected chi connectivity index (χ1v) is 30.5. The van der Waals surface area contributed by atoms with Crippen molar-refractivity contribution in [2.75, 3.05) is 0 Å². The van der Waals surface area contributed by atoms with Crippen molar-refractivity contribution in [3.8, 4) is 102 Å². The average Bonchev–Trinajstić information content (AvgIpc) is 1.65. The lowest BCUT2D eigenvalue weighted by Crippen LogP contribution is -2.04. The number of nitrogens with zero attached hydrogens (tertiary/aromatic N) is 7. The SMILES string of the molecule is [C-]#[N+]c1ccccc1-c1ccc2c(c1)c1cc(-c3ccccc3C#N)ccc1n2-c1c(-c2ccc(-n3c4ccccc4c4ccccc43)cc2)cc(-c2nc(-c3ccccc3)cc(-c3ccccc3)n2)cc1-c1ccc(-n2c3ccccc3c3ccccc32)cc1. The quantitative estimate of drug-likeness (QED) is 0.128. The fourth-order valence-corrected chi connectivity index (χ4v) is 13.8. The predicted octanol–water partition coefficient (Wildman–Crippen LogP) is 21.9. The van der Waals surface area contributed by atoms with E-state index in [1.54, 1.807) is 0 Å². The lowest BCUT2D eigenvalue weighted by Gasteiger charge is -2.22. The van der Waals surface area contributed by atoms with Gasteiger partial charge in [0.05, 0.1) is 68.4 Å². The van der Waals surface area contributed by atoms with E-state index in [-0.39, 0.29) is 0 Å². The molecule has 0 aliphatic rings. The van der Waals surface area contributed by atoms with Gasteiger partial charge in [0, 0.05) is 71.5 Å². The molecular formula is C84H51N7. The zero-order valence-corrected chi connectivity index (χ0v) is 49.1. The number of hydrogen-bond donors (Lipinski definition) is 0. The zero-order valence-electron chi connectivity index (χ0n) is 49.1. The fourth-order valence-electron chi connectivity index (χ4n) is 13.8. The monoisotopic (exact) mass is 1160 g/mol. The van der Waals surface area contributed by atoms with Crippen LogP contribution >= 0.6 is 0 Å². The van der Waals surface area contributed by atoms with Gasteiger partial charge in [0.15, 0.2) is 11.5 Å². The molecule has 91 heavy (non-hydrogen) atoms. The van der Waals surface area contributed by atoms with Gasteiger partial charge in [0.25, 0.3) is 0 Å². The highest BCUT2D eigenvalue weighted by Gasteiger charge is 2.25. The standard InChI is InChI=1S/C84H51N7/c1-86-74-31-15-10-26-65(74)59-41-47-82-73(49-59)72-48-58(64-25-9-8-24-60(64)53-85)40-46-81(72)91(82)83-70(54-36-42-62(43-37-54)89-77-32-16-11-27-66(77)67-28-12-17-33-78(67)89)50-61(84-87-75(56-20-4-2-5-21-56)52-76(88-84)57-22-6-3-7-23-57)51-71(83)55-38-44-63(45-39-55)90-79-34-18-13-29-68(79)69-30-14-19-35-80(69)90/h2-52H. The summed E-state index contributed by atoms with van der Waals surface area (Å²) < 4.78 is 7.16. The molecule has 0 N–H and O–H groups in total. The van der Waals surface area contributed by atoms with Gasteiger partial charge in [-0.2, -0.15) is 5.26 Å². The minimum absolute atomic E-state index is 0.581. The van der Waals surface area contributed by atoms with E-state index in [0.29, 0.717) is 17.1 Å². The Kier molecular flexibility index (Phi) is 12.5. The average molecular weight is 1160 g/mol. The van der Waals surface area contributed by atoms with Crippen molar-refractivity contribution in [2.45, 2.75) is 0 Å². The van der Waals surface area contributed by atoms with E-state index in [9.17, 15) is 5.26 Å². The summed E-state index contributed by atoms with van der Waals surface area (Å²) in [5.41, 5.74) is 22.6. The number of fused-ring (bicyclic) bond motifs is 9. The van der Waals surface area contributed by atoms with Crippen LogP contribution in [0.3, 0.4) is 0 Å². The predicted molar refractivity (Wildman–Crippen MR) is 374 cm³/mol. The Morgan fingerprint density at radius 1 is 0.297 bits per heavy atom. The first-order valence-electron chi connectivity index (χ1n) is 30.5. The number of para-hydroxylation sites is 5. The maximum atomic E-state index is 10.5. The summed E-state index contributed by atoms with van der Waals surface area (Å²) in [6.45, 7) is 8.24. The molecule has 0 spiro atoms. The lowest BCUT2D eigenvalue weighted by molar-refractivity contribution is 1.16. The van der Waals surface area contributed by atoms with Gasteiger partial charge < -0.3 is 13.7 Å². The molecule has 17 aromatic rings. The van der Waals surface area contributed by atoms with Crippen LogP contribution in [-0.2, 0) is 0 Å². The van der Waals surface area contributed by atoms with Gasteiger partial charge in [-0.15, -0.1) is 0 Å². The number of hydrogen-bond acceptors (Lipinski definition) is 3. The van der Waals surface area contributed by atoms with Crippen LogP contribution in [0.25, 0.3) is 166 Å². The summed E-state index contributed by atoms with van der Waals surface area (Å²) in [6, 6.07) is 111. The molecule has 0 unspecified atom stereocenters. The van der Waals surface area contributed by atoms with Gasteiger partial charge in [0.2, 0.25) is 0 Å². The van der Waals surface area contributed by atoms with Crippen LogP contribution in [0.2, 0.25) is 0 Å². The van der Waals surface area contributed by atoms with Crippen molar-refractivity contribution >= 4 is 71.1 Å². The summed E-state index contributed by atoms with van der Waals surface area (Å²) >= 11 is 0. The molecule has 4 heterocycles. The minimum atomic E-state index is 0.581. The zero-order chi connectivity index (χ0) is 60.5. The van der Waals surface area contributed by atoms with Crippen molar-refractivity contribution in [1.29, 1.82) is 5.26 Å². The molecule has 0 radical (unpaired) electrons. The molecule has 7 nitrogen and oxygen atoms in total. The molecule has 0 aliphatic heterocycles. The summed E-state index contributed by atoms with van der Waals surface area (Å²) in [4.78, 5) is 15.0. The molecule has 0 bridgehead atoms. The molecule has 0 amide bonds. The molecule has 4 aromatic heterocycles. The molecule has 0 fully saturated rings. The minimum Gasteiger partial charge on any atom is -0.309 e. The summed E-state index contributed by atoms with van der Waals surface area (Å²) in [7, 11) is 0. The fraction of sp³-hybridized carbons (Fsp3) is 0. The Morgan fingerprint density at radius 2 is 0.681 bits per heavy atom. The van der Waals surface area contributed by atoms with E-state index < -0.39 is 0 Å². The van der Waals surface area contributed by atoms with Crippen LogP contribution < -0.4 is 0 Å². The normalized spacial score (nSPS) is 11.5. The Hall–Kier alpha value is -12.7. The molecule has 0 aliphatic carbocycles. The van der Waals surface area contributed by atoms with Crippen LogP contribution in [0.4, 0.5) is 5.69 Å². The second kappa shape index (κ2) is 21.6. The molecule has 17 rings (SSSR count). The smallest absolute Gasteiger partial charge is 0.194 e. The third kappa shape index (κ3) is 8.80. The number of benzene rings is 13. The van der Waals surface area contributed by atoms with E-state index in [4.69, 9.17) is 16.5 Å². The number of nitriles is 1. The molecular weight excluding hydrogens is 1110 g/mol. The van der Waals surface area contributed by atoms with Crippen LogP contribution in [0, 0.1) is 17.9 Å². The third-order valence-electron chi connectivity index (χ3n) is 17.9. The van der Waals surface area contributed by atoms with Crippen LogP contribution in [0.1, 0.15) is 5.56 Å². The maximum Gasteiger partial charge on any atom is 0.194 e. The van der Waals surface area contributed by atoms with Gasteiger partial charge in [0.1, 0.15) is 0 Å². The Balaban J connectivity index is 0.984. The highest BCUT2D eigenvalue weighted by molar-refractivity contribution is 6.14. The number of rotatable bonds is 10. The second-order valence-corrected chi connectivity index (χ2v) is 23.0. The largest absolute Gasteiger partial charge is 0.309 e. The van der Waals surface area contributed by atoms with Crippen molar-refractivity contribution in [1.82, 2.24) is 23.7 Å². The molecule has 7 heteroatoms. The van der Waals surface area contributed by atoms with Gasteiger partial charge >= 0.3 is 0 Å². The van der Waals surface area contributed by atoms with Crippen molar-refractivity contribution < 1.29 is 0 Å². The van der Waals surface area contributed by atoms with E-state index >= 15 is 0 Å². The molecule has 0 saturated carbocycles. The maximum absolute atomic E-state index is 10.5. The molecule has 0 saturated heterocycles. The van der Waals surface area contributed by atoms with E-state index in [1.165, 1.54) is 21.5 Å². The van der Waals surface area contributed by atoms with Crippen LogP contribution in [0.5, 0.6) is 0 Å². The first-order chi connectivity index (χ1) is 45.0. The topological polar surface area (TPSA) is 68.7 Å². The molecule has 13 aromatic carbocycles. The number of aromatic nitrogens is 5. The van der Waals surface area contributed by atoms with E-state index in [0.717, 1.165) is 134 Å². The summed E-state index contributed by atoms with van der Waals surface area (Å²) in [5.74, 6) is 0.587. The highest BCUT2D eigenvalue weighted by atomic mass is 15.0. The van der Waals surface area contributed by atoms with Crippen LogP contribution in [-0.4, -0.2) is 23.7 Å². The second-order valence-electron chi connectivity index (χ2n) is 23.0. The van der Waals surface area contributed by atoms with E-state index in [1.807, 2.05) is 60.7 Å². The third-order valence-corrected chi connectivity index (χ3v) is 17.9. The van der Waals surface area contributed by atoms with Crippen LogP contribution in [0.15, 0.2) is 309 Å². The lowest BCUT2D eigenvalue weighted by atomic mass is 9.92. The van der Waals surface area contributed by atoms with Gasteiger partial charge in [-0.1, -0.05) is 212 Å². The van der Waals surface area contributed by atoms with Gasteiger partial charge in [-0.25, -0.2) is 14.8 Å². The van der Waals surface area contributed by atoms with Gasteiger partial charge in [-0.05, 0) is 130 Å². The Labute approximate surface area is 525 Å². The molecule has 422 valence electrons. The van der Waals surface area contributed by atoms with Crippen molar-refractivity contribution in [3.05, 3.63) is 326 Å². The Morgan fingerprint density at radius 3 is 1.14 bits per heavy atom. The summed E-state index contributed by atoms with van der Waals surface area (Å²) in [6.07, 6.45) is 0. The molecule has 0 atom stereocenters. The summed E-state index contributed by atoms with van der Waals surface area (Å²) in [5, 5.41) is 17.3. The van der Waals surface area contributed by atoms with Crippen molar-refractivity contribution in [3.63, 3.8) is 0 Å². The van der Waals surface area contributed by atoms with E-state index in [2.05, 4.69) is 273 Å². The first kappa shape index (κ1) is 52.6. The highest BCUT2D eigenvalue weighted by Crippen LogP contribution is 2.47.